The van der Waals surface area contributed by atoms with E-state index < -0.39 is 18.6 Å². The van der Waals surface area contributed by atoms with Crippen LogP contribution in [0, 0.1) is 0 Å². The summed E-state index contributed by atoms with van der Waals surface area (Å²) in [6.07, 6.45) is -3.11. The summed E-state index contributed by atoms with van der Waals surface area (Å²) in [4.78, 5) is 24.2. The van der Waals surface area contributed by atoms with E-state index in [1.54, 1.807) is 24.3 Å². The smallest absolute Gasteiger partial charge is 0.347 e. The third-order valence-electron chi connectivity index (χ3n) is 3.31. The van der Waals surface area contributed by atoms with Gasteiger partial charge in [0.15, 0.2) is 0 Å². The van der Waals surface area contributed by atoms with Crippen LogP contribution in [-0.2, 0) is 17.6 Å². The summed E-state index contributed by atoms with van der Waals surface area (Å²) in [6.45, 7) is 0.619. The zero-order valence-corrected chi connectivity index (χ0v) is 14.7. The van der Waals surface area contributed by atoms with E-state index in [9.17, 15) is 22.8 Å². The Bertz CT molecular complexity index is 760. The lowest BCUT2D eigenvalue weighted by Gasteiger charge is -2.09. The largest absolute Gasteiger partial charge is 0.405 e. The van der Waals surface area contributed by atoms with Crippen LogP contribution in [-0.4, -0.2) is 34.1 Å². The van der Waals surface area contributed by atoms with Crippen LogP contribution in [0.15, 0.2) is 24.3 Å². The minimum atomic E-state index is -4.44. The Labute approximate surface area is 152 Å². The number of aryl methyl sites for hydroxylation is 1. The average molecular weight is 386 g/mol. The van der Waals surface area contributed by atoms with Gasteiger partial charge in [0.25, 0.3) is 5.91 Å². The first-order valence-corrected chi connectivity index (χ1v) is 8.61. The first kappa shape index (κ1) is 19.8. The Hall–Kier alpha value is -2.49. The van der Waals surface area contributed by atoms with Gasteiger partial charge in [-0.25, -0.2) is 0 Å². The number of carbonyl (C=O) groups is 2. The molecular formula is C16H17F3N4O2S. The van der Waals surface area contributed by atoms with Crippen molar-refractivity contribution in [2.24, 2.45) is 0 Å². The molecule has 0 saturated carbocycles. The number of carbonyl (C=O) groups excluding carboxylic acids is 2. The van der Waals surface area contributed by atoms with Gasteiger partial charge in [-0.15, -0.1) is 5.10 Å². The maximum atomic E-state index is 12.3. The molecule has 140 valence electrons. The molecule has 10 heteroatoms. The van der Waals surface area contributed by atoms with E-state index in [1.807, 2.05) is 12.2 Å². The number of rotatable bonds is 7. The van der Waals surface area contributed by atoms with Gasteiger partial charge < -0.3 is 10.6 Å². The lowest BCUT2D eigenvalue weighted by atomic mass is 10.1. The Morgan fingerprint density at radius 1 is 1.19 bits per heavy atom. The van der Waals surface area contributed by atoms with Crippen molar-refractivity contribution in [3.63, 3.8) is 0 Å². The van der Waals surface area contributed by atoms with Crippen molar-refractivity contribution in [3.8, 4) is 0 Å². The molecule has 0 unspecified atom stereocenters. The molecule has 0 saturated heterocycles. The highest BCUT2D eigenvalue weighted by atomic mass is 32.1. The molecule has 0 spiro atoms. The topological polar surface area (TPSA) is 84.0 Å². The summed E-state index contributed by atoms with van der Waals surface area (Å²) in [6, 6.07) is 6.30. The quantitative estimate of drug-likeness (QED) is 0.766. The van der Waals surface area contributed by atoms with E-state index >= 15 is 0 Å². The van der Waals surface area contributed by atoms with Crippen molar-refractivity contribution in [1.82, 2.24) is 14.9 Å². The Kier molecular flexibility index (Phi) is 6.67. The van der Waals surface area contributed by atoms with Gasteiger partial charge in [0.05, 0.1) is 12.1 Å². The van der Waals surface area contributed by atoms with E-state index in [1.165, 1.54) is 0 Å². The van der Waals surface area contributed by atoms with Crippen molar-refractivity contribution in [1.29, 1.82) is 0 Å². The van der Waals surface area contributed by atoms with Crippen LogP contribution < -0.4 is 10.6 Å². The second-order valence-corrected chi connectivity index (χ2v) is 6.27. The molecule has 0 fully saturated rings. The summed E-state index contributed by atoms with van der Waals surface area (Å²) in [7, 11) is 0. The lowest BCUT2D eigenvalue weighted by Crippen LogP contribution is -2.34. The molecule has 26 heavy (non-hydrogen) atoms. The van der Waals surface area contributed by atoms with Crippen molar-refractivity contribution in [2.75, 3.05) is 11.9 Å². The fourth-order valence-electron chi connectivity index (χ4n) is 2.12. The molecule has 1 aromatic carbocycles. The maximum Gasteiger partial charge on any atom is 0.405 e. The summed E-state index contributed by atoms with van der Waals surface area (Å²) < 4.78 is 40.0. The third-order valence-corrected chi connectivity index (χ3v) is 4.08. The highest BCUT2D eigenvalue weighted by Crippen LogP contribution is 2.17. The van der Waals surface area contributed by atoms with Crippen molar-refractivity contribution >= 4 is 29.0 Å². The fourth-order valence-corrected chi connectivity index (χ4v) is 2.73. The van der Waals surface area contributed by atoms with Crippen molar-refractivity contribution in [3.05, 3.63) is 40.4 Å². The van der Waals surface area contributed by atoms with Crippen LogP contribution in [0.4, 0.5) is 18.9 Å². The van der Waals surface area contributed by atoms with Gasteiger partial charge in [0, 0.05) is 5.69 Å². The molecule has 0 bridgehead atoms. The number of benzene rings is 1. The van der Waals surface area contributed by atoms with Crippen LogP contribution in [0.3, 0.4) is 0 Å². The van der Waals surface area contributed by atoms with Crippen LogP contribution in [0.2, 0.25) is 0 Å². The summed E-state index contributed by atoms with van der Waals surface area (Å²) >= 11 is 1.02. The van der Waals surface area contributed by atoms with Gasteiger partial charge in [-0.2, -0.15) is 13.2 Å². The van der Waals surface area contributed by atoms with Gasteiger partial charge >= 0.3 is 6.18 Å². The second kappa shape index (κ2) is 8.75. The standard InChI is InChI=1S/C16H17F3N4O2S/c1-2-3-12-14(26-23-22-12)15(25)21-11-6-4-10(5-7-11)8-13(24)20-9-16(17,18)19/h4-7H,2-3,8-9H2,1H3,(H,20,24)(H,21,25). The number of aromatic nitrogens is 2. The average Bonchev–Trinajstić information content (AvgIpc) is 3.03. The Morgan fingerprint density at radius 3 is 2.50 bits per heavy atom. The van der Waals surface area contributed by atoms with Gasteiger partial charge in [0.1, 0.15) is 11.4 Å². The molecule has 1 aromatic heterocycles. The van der Waals surface area contributed by atoms with Crippen LogP contribution in [0.5, 0.6) is 0 Å². The molecule has 2 aromatic rings. The second-order valence-electron chi connectivity index (χ2n) is 5.52. The highest BCUT2D eigenvalue weighted by molar-refractivity contribution is 7.08. The lowest BCUT2D eigenvalue weighted by molar-refractivity contribution is -0.138. The fraction of sp³-hybridized carbons (Fsp3) is 0.375. The molecule has 2 amide bonds. The van der Waals surface area contributed by atoms with E-state index in [0.29, 0.717) is 28.2 Å². The number of hydrogen-bond donors (Lipinski definition) is 2. The number of nitrogens with one attached hydrogen (secondary N) is 2. The van der Waals surface area contributed by atoms with Crippen LogP contribution in [0.25, 0.3) is 0 Å². The molecule has 0 radical (unpaired) electrons. The minimum absolute atomic E-state index is 0.177. The summed E-state index contributed by atoms with van der Waals surface area (Å²) in [5, 5.41) is 8.45. The molecule has 1 heterocycles. The molecule has 2 N–H and O–H groups in total. The number of anilines is 1. The molecule has 0 atom stereocenters. The Balaban J connectivity index is 1.91. The van der Waals surface area contributed by atoms with Gasteiger partial charge in [-0.3, -0.25) is 9.59 Å². The normalized spacial score (nSPS) is 11.2. The van der Waals surface area contributed by atoms with E-state index in [-0.39, 0.29) is 12.3 Å². The SMILES string of the molecule is CCCc1nnsc1C(=O)Nc1ccc(CC(=O)NCC(F)(F)F)cc1. The first-order chi connectivity index (χ1) is 12.3. The monoisotopic (exact) mass is 386 g/mol. The van der Waals surface area contributed by atoms with Crippen LogP contribution >= 0.6 is 11.5 Å². The molecule has 0 aliphatic heterocycles. The third kappa shape index (κ3) is 6.10. The Morgan fingerprint density at radius 2 is 1.88 bits per heavy atom. The summed E-state index contributed by atoms with van der Waals surface area (Å²) in [5.41, 5.74) is 1.69. The van der Waals surface area contributed by atoms with Gasteiger partial charge in [0.2, 0.25) is 5.91 Å². The molecule has 2 rings (SSSR count). The number of amides is 2. The van der Waals surface area contributed by atoms with E-state index in [2.05, 4.69) is 14.9 Å². The molecule has 0 aliphatic rings. The number of alkyl halides is 3. The zero-order valence-electron chi connectivity index (χ0n) is 13.9. The van der Waals surface area contributed by atoms with Gasteiger partial charge in [-0.1, -0.05) is 30.0 Å². The van der Waals surface area contributed by atoms with Crippen LogP contribution in [0.1, 0.15) is 34.3 Å². The first-order valence-electron chi connectivity index (χ1n) is 7.83. The summed E-state index contributed by atoms with van der Waals surface area (Å²) in [5.74, 6) is -1.04. The van der Waals surface area contributed by atoms with Crippen molar-refractivity contribution < 1.29 is 22.8 Å². The molecule has 0 aliphatic carbocycles. The van der Waals surface area contributed by atoms with E-state index in [4.69, 9.17) is 0 Å². The predicted molar refractivity (Wildman–Crippen MR) is 91.1 cm³/mol. The maximum absolute atomic E-state index is 12.3. The van der Waals surface area contributed by atoms with Gasteiger partial charge in [-0.05, 0) is 35.6 Å². The number of nitrogens with zero attached hydrogens (tertiary/aromatic N) is 2. The molecule has 6 nitrogen and oxygen atoms in total. The van der Waals surface area contributed by atoms with Crippen molar-refractivity contribution in [2.45, 2.75) is 32.4 Å². The highest BCUT2D eigenvalue weighted by Gasteiger charge is 2.27. The number of halogens is 3. The minimum Gasteiger partial charge on any atom is -0.347 e. The van der Waals surface area contributed by atoms with E-state index in [0.717, 1.165) is 18.0 Å². The predicted octanol–water partition coefficient (Wildman–Crippen LogP) is 2.96. The zero-order chi connectivity index (χ0) is 19.2. The number of hydrogen-bond acceptors (Lipinski definition) is 5. The molecular weight excluding hydrogens is 369 g/mol.